The van der Waals surface area contributed by atoms with Gasteiger partial charge in [0.25, 0.3) is 5.56 Å². The van der Waals surface area contributed by atoms with E-state index in [0.717, 1.165) is 85.9 Å². The van der Waals surface area contributed by atoms with Crippen molar-refractivity contribution in [3.05, 3.63) is 34.2 Å². The number of carboxylic acid groups (broad SMARTS) is 1. The Morgan fingerprint density at radius 1 is 1.05 bits per heavy atom. The number of ether oxygens (including phenoxy) is 1. The summed E-state index contributed by atoms with van der Waals surface area (Å²) in [5, 5.41) is 10.4. The second kappa shape index (κ2) is 23.7. The summed E-state index contributed by atoms with van der Waals surface area (Å²) in [5.41, 5.74) is 7.42. The third kappa shape index (κ3) is 15.8. The molecule has 4 fully saturated rings. The minimum atomic E-state index is -1.26. The molecule has 1 aromatic heterocycles. The molecule has 2 aromatic rings. The maximum atomic E-state index is 12.2. The molecule has 4 amide bonds. The number of aromatic amines is 1. The van der Waals surface area contributed by atoms with Crippen molar-refractivity contribution < 1.29 is 33.2 Å². The second-order valence-corrected chi connectivity index (χ2v) is 19.4. The molecule has 7 atom stereocenters. The van der Waals surface area contributed by atoms with Gasteiger partial charge in [-0.1, -0.05) is 92.9 Å². The number of hydrogen-bond acceptors (Lipinski definition) is 8. The van der Waals surface area contributed by atoms with Gasteiger partial charge in [-0.15, -0.1) is 0 Å². The van der Waals surface area contributed by atoms with Crippen LogP contribution >= 0.6 is 0 Å². The van der Waals surface area contributed by atoms with Gasteiger partial charge in [0.2, 0.25) is 17.7 Å². The number of H-pyrrole nitrogens is 1. The first-order chi connectivity index (χ1) is 27.9. The lowest BCUT2D eigenvalue weighted by Crippen LogP contribution is -2.49. The molecule has 6 N–H and O–H groups in total. The van der Waals surface area contributed by atoms with Crippen molar-refractivity contribution in [2.24, 2.45) is 41.2 Å². The molecule has 1 saturated heterocycles. The molecule has 4 aliphatic rings. The summed E-state index contributed by atoms with van der Waals surface area (Å²) >= 11 is 0. The largest absolute Gasteiger partial charge is 0.497 e. The Morgan fingerprint density at radius 2 is 1.73 bits per heavy atom. The van der Waals surface area contributed by atoms with E-state index in [9.17, 15) is 28.2 Å². The Labute approximate surface area is 353 Å². The minimum absolute atomic E-state index is 0.00306. The zero-order valence-corrected chi connectivity index (χ0v) is 37.6. The fourth-order valence-corrected chi connectivity index (χ4v) is 8.85. The number of nitrogens with one attached hydrogen (secondary N) is 3. The first-order valence-electron chi connectivity index (χ1n) is 21.8. The van der Waals surface area contributed by atoms with Gasteiger partial charge in [-0.05, 0) is 87.2 Å². The molecular weight excluding hydrogens is 773 g/mol. The lowest BCUT2D eigenvalue weighted by Gasteiger charge is -2.25. The van der Waals surface area contributed by atoms with Crippen molar-refractivity contribution >= 4 is 45.8 Å². The van der Waals surface area contributed by atoms with Crippen LogP contribution < -0.4 is 26.1 Å². The summed E-state index contributed by atoms with van der Waals surface area (Å²) in [5.74, 6) is 3.23. The lowest BCUT2D eigenvalue weighted by atomic mass is 9.92. The normalized spacial score (nSPS) is 24.0. The average molecular weight is 845 g/mol. The number of fused-ring (bicyclic) bond motifs is 1. The number of methoxy groups -OCH3 is 1. The molecule has 3 saturated carbocycles. The predicted molar refractivity (Wildman–Crippen MR) is 233 cm³/mol. The van der Waals surface area contributed by atoms with Crippen molar-refractivity contribution in [1.82, 2.24) is 24.9 Å². The number of carbonyl (C=O) groups excluding carboxylic acids is 3. The summed E-state index contributed by atoms with van der Waals surface area (Å²) in [6, 6.07) is 4.98. The van der Waals surface area contributed by atoms with E-state index in [1.54, 1.807) is 7.11 Å². The standard InChI is InChI=1S/C20H28N2O2.C10H17N3O4.C10H17NO2S.C4H10/c1-14-7-6-9-15(14)8-4-3-5-10-18-20(23)22-19-13-16(24-2)11-12-17(19)21-18;1-2-6-3-4-13(8(6)9(11)15)7(14)5-12-10(16)17;1-3-7-6-8(7)9(12)11-14(13)10(2)4-5-10;1-4(2)3/h11-15H,3-10H2,1-2H3,(H,22,23);6,8,12H,2-5H2,1H3,(H2,11,15)(H,16,17);7-8H,3-6H2,1-2H3,(H,11,12);4H,1-3H3/t;;7?,8-,14?;/m..0./s1. The van der Waals surface area contributed by atoms with E-state index in [0.29, 0.717) is 18.2 Å². The minimum Gasteiger partial charge on any atom is -0.497 e. The quantitative estimate of drug-likeness (QED) is 0.118. The van der Waals surface area contributed by atoms with Gasteiger partial charge < -0.3 is 30.8 Å². The summed E-state index contributed by atoms with van der Waals surface area (Å²) in [4.78, 5) is 65.9. The lowest BCUT2D eigenvalue weighted by molar-refractivity contribution is -0.137. The van der Waals surface area contributed by atoms with Gasteiger partial charge in [-0.2, -0.15) is 0 Å². The smallest absolute Gasteiger partial charge is 0.405 e. The Morgan fingerprint density at radius 3 is 2.27 bits per heavy atom. The van der Waals surface area contributed by atoms with E-state index in [4.69, 9.17) is 15.6 Å². The van der Waals surface area contributed by atoms with Gasteiger partial charge in [-0.3, -0.25) is 23.9 Å². The fourth-order valence-electron chi connectivity index (χ4n) is 7.80. The molecule has 0 bridgehead atoms. The number of aryl methyl sites for hydroxylation is 1. The SMILES string of the molecule is CC(C)C.CCC1CCN(C(=O)CNC(=O)O)C1C(N)=O.CCC1C[C@@H]1C(=O)NS(=O)C1(C)CC1.COc1ccc2nc(CCCCCC3CCCC3C)c(=O)[nH]c2c1. The molecule has 6 unspecified atom stereocenters. The first kappa shape index (κ1) is 49.4. The van der Waals surface area contributed by atoms with Crippen LogP contribution in [0.25, 0.3) is 11.0 Å². The van der Waals surface area contributed by atoms with Crippen LogP contribution in [0.4, 0.5) is 4.79 Å². The van der Waals surface area contributed by atoms with Crippen LogP contribution in [0.5, 0.6) is 5.75 Å². The van der Waals surface area contributed by atoms with Gasteiger partial charge in [0.05, 0.1) is 22.9 Å². The molecule has 59 heavy (non-hydrogen) atoms. The number of amides is 4. The van der Waals surface area contributed by atoms with E-state index in [1.807, 2.05) is 37.4 Å². The van der Waals surface area contributed by atoms with Gasteiger partial charge >= 0.3 is 6.09 Å². The van der Waals surface area contributed by atoms with Crippen molar-refractivity contribution in [2.75, 3.05) is 20.2 Å². The highest BCUT2D eigenvalue weighted by Crippen LogP contribution is 2.43. The average Bonchev–Trinajstić information content (AvgIpc) is 4.06. The van der Waals surface area contributed by atoms with E-state index < -0.39 is 34.9 Å². The van der Waals surface area contributed by atoms with Crippen LogP contribution in [0.1, 0.15) is 138 Å². The third-order valence-electron chi connectivity index (χ3n) is 11.9. The molecule has 15 heteroatoms. The Balaban J connectivity index is 0.000000234. The molecule has 2 heterocycles. The van der Waals surface area contributed by atoms with Crippen LogP contribution in [0.15, 0.2) is 23.0 Å². The number of nitrogens with two attached hydrogens (primary N) is 1. The fraction of sp³-hybridized carbons (Fsp3) is 0.727. The highest BCUT2D eigenvalue weighted by molar-refractivity contribution is 7.85. The number of primary amides is 1. The molecule has 1 aromatic carbocycles. The summed E-state index contributed by atoms with van der Waals surface area (Å²) in [6.45, 7) is 15.0. The zero-order valence-electron chi connectivity index (χ0n) is 36.8. The Kier molecular flexibility index (Phi) is 19.8. The van der Waals surface area contributed by atoms with Gasteiger partial charge in [-0.25, -0.2) is 14.0 Å². The molecule has 3 aliphatic carbocycles. The van der Waals surface area contributed by atoms with Crippen molar-refractivity contribution in [3.8, 4) is 5.75 Å². The molecule has 0 spiro atoms. The molecule has 14 nitrogen and oxygen atoms in total. The van der Waals surface area contributed by atoms with Crippen molar-refractivity contribution in [3.63, 3.8) is 0 Å². The second-order valence-electron chi connectivity index (χ2n) is 17.6. The van der Waals surface area contributed by atoms with Crippen LogP contribution in [0, 0.1) is 35.5 Å². The number of hydrogen-bond donors (Lipinski definition) is 5. The molecule has 0 radical (unpaired) electrons. The van der Waals surface area contributed by atoms with Gasteiger partial charge in [0, 0.05) is 18.5 Å². The Hall–Kier alpha value is -4.01. The topological polar surface area (TPSA) is 214 Å². The van der Waals surface area contributed by atoms with E-state index in [2.05, 4.69) is 49.3 Å². The first-order valence-corrected chi connectivity index (χ1v) is 22.9. The van der Waals surface area contributed by atoms with E-state index in [1.165, 1.54) is 43.4 Å². The predicted octanol–water partition coefficient (Wildman–Crippen LogP) is 6.86. The summed E-state index contributed by atoms with van der Waals surface area (Å²) in [7, 11) is 0.465. The van der Waals surface area contributed by atoms with Crippen LogP contribution in [-0.4, -0.2) is 79.0 Å². The highest BCUT2D eigenvalue weighted by atomic mass is 32.2. The number of rotatable bonds is 15. The van der Waals surface area contributed by atoms with E-state index in [-0.39, 0.29) is 34.6 Å². The number of nitrogens with zero attached hydrogens (tertiary/aromatic N) is 2. The summed E-state index contributed by atoms with van der Waals surface area (Å²) < 4.78 is 19.4. The number of aromatic nitrogens is 2. The third-order valence-corrected chi connectivity index (χ3v) is 13.6. The maximum Gasteiger partial charge on any atom is 0.405 e. The molecule has 1 aliphatic heterocycles. The highest BCUT2D eigenvalue weighted by Gasteiger charge is 2.47. The molecular formula is C44H72N6O8S. The van der Waals surface area contributed by atoms with Crippen molar-refractivity contribution in [2.45, 2.75) is 149 Å². The number of unbranched alkanes of at least 4 members (excludes halogenated alkanes) is 2. The zero-order chi connectivity index (χ0) is 43.9. The Bertz CT molecular complexity index is 1780. The van der Waals surface area contributed by atoms with E-state index >= 15 is 0 Å². The van der Waals surface area contributed by atoms with Crippen LogP contribution in [0.3, 0.4) is 0 Å². The number of likely N-dealkylation sites (tertiary alicyclic amines) is 1. The van der Waals surface area contributed by atoms with Crippen LogP contribution in [-0.2, 0) is 31.8 Å². The van der Waals surface area contributed by atoms with Gasteiger partial charge in [0.1, 0.15) is 35.0 Å². The van der Waals surface area contributed by atoms with Crippen LogP contribution in [0.2, 0.25) is 0 Å². The molecule has 6 rings (SSSR count). The summed E-state index contributed by atoms with van der Waals surface area (Å²) in [6.07, 6.45) is 14.1. The monoisotopic (exact) mass is 845 g/mol. The number of carbonyl (C=O) groups is 4. The number of benzene rings is 1. The maximum absolute atomic E-state index is 12.2. The van der Waals surface area contributed by atoms with Gasteiger partial charge in [0.15, 0.2) is 0 Å². The molecule has 332 valence electrons. The van der Waals surface area contributed by atoms with Crippen molar-refractivity contribution in [1.29, 1.82) is 0 Å².